The van der Waals surface area contributed by atoms with Crippen LogP contribution in [0, 0.1) is 0 Å². The largest absolute Gasteiger partial charge is 0.341 e. The van der Waals surface area contributed by atoms with Crippen molar-refractivity contribution in [2.45, 2.75) is 13.0 Å². The van der Waals surface area contributed by atoms with E-state index in [1.54, 1.807) is 54.2 Å². The Morgan fingerprint density at radius 3 is 2.38 bits per heavy atom. The summed E-state index contributed by atoms with van der Waals surface area (Å²) < 4.78 is 1.72. The molecule has 2 aromatic carbocycles. The molecule has 132 valence electrons. The van der Waals surface area contributed by atoms with Crippen LogP contribution in [0.3, 0.4) is 0 Å². The number of carbonyl (C=O) groups excluding carboxylic acids is 2. The highest BCUT2D eigenvalue weighted by molar-refractivity contribution is 6.30. The Morgan fingerprint density at radius 2 is 1.77 bits per heavy atom. The summed E-state index contributed by atoms with van der Waals surface area (Å²) in [6.45, 7) is 1.63. The smallest absolute Gasteiger partial charge is 0.251 e. The van der Waals surface area contributed by atoms with E-state index in [0.29, 0.717) is 16.3 Å². The van der Waals surface area contributed by atoms with Crippen molar-refractivity contribution in [3.63, 3.8) is 0 Å². The molecule has 1 atom stereocenters. The van der Waals surface area contributed by atoms with Crippen LogP contribution in [0.1, 0.15) is 17.3 Å². The molecule has 3 rings (SSSR count). The van der Waals surface area contributed by atoms with E-state index < -0.39 is 6.04 Å². The van der Waals surface area contributed by atoms with Crippen LogP contribution in [0.4, 0.5) is 5.69 Å². The van der Waals surface area contributed by atoms with Crippen LogP contribution in [-0.4, -0.2) is 27.6 Å². The number of aromatic nitrogens is 2. The number of amides is 2. The minimum absolute atomic E-state index is 0.306. The van der Waals surface area contributed by atoms with Gasteiger partial charge >= 0.3 is 0 Å². The molecule has 6 nitrogen and oxygen atoms in total. The number of carbonyl (C=O) groups is 2. The molecule has 0 aliphatic rings. The average Bonchev–Trinajstić information content (AvgIpc) is 3.17. The van der Waals surface area contributed by atoms with Crippen LogP contribution >= 0.6 is 11.6 Å². The first kappa shape index (κ1) is 17.7. The minimum Gasteiger partial charge on any atom is -0.341 e. The van der Waals surface area contributed by atoms with E-state index in [2.05, 4.69) is 15.7 Å². The average molecular weight is 369 g/mol. The zero-order chi connectivity index (χ0) is 18.5. The molecule has 1 unspecified atom stereocenters. The Kier molecular flexibility index (Phi) is 5.34. The predicted octanol–water partition coefficient (Wildman–Crippen LogP) is 3.28. The Labute approximate surface area is 155 Å². The Bertz CT molecular complexity index is 890. The van der Waals surface area contributed by atoms with Crippen LogP contribution in [0.2, 0.25) is 5.02 Å². The van der Waals surface area contributed by atoms with Crippen LogP contribution in [-0.2, 0) is 4.79 Å². The fraction of sp³-hybridized carbons (Fsp3) is 0.105. The van der Waals surface area contributed by atoms with Crippen molar-refractivity contribution in [2.75, 3.05) is 5.32 Å². The Balaban J connectivity index is 1.58. The molecule has 0 aliphatic carbocycles. The monoisotopic (exact) mass is 368 g/mol. The zero-order valence-corrected chi connectivity index (χ0v) is 14.8. The normalized spacial score (nSPS) is 11.6. The number of halogens is 1. The van der Waals surface area contributed by atoms with Gasteiger partial charge in [0, 0.05) is 28.7 Å². The molecule has 1 heterocycles. The topological polar surface area (TPSA) is 76.0 Å². The van der Waals surface area contributed by atoms with E-state index in [9.17, 15) is 9.59 Å². The molecule has 0 fully saturated rings. The van der Waals surface area contributed by atoms with Gasteiger partial charge in [-0.15, -0.1) is 0 Å². The lowest BCUT2D eigenvalue weighted by molar-refractivity contribution is -0.117. The van der Waals surface area contributed by atoms with Crippen molar-refractivity contribution in [2.24, 2.45) is 0 Å². The number of nitrogens with zero attached hydrogens (tertiary/aromatic N) is 2. The zero-order valence-electron chi connectivity index (χ0n) is 14.0. The maximum atomic E-state index is 12.3. The third-order valence-electron chi connectivity index (χ3n) is 3.75. The van der Waals surface area contributed by atoms with Gasteiger partial charge in [-0.25, -0.2) is 4.68 Å². The molecule has 0 aliphatic heterocycles. The highest BCUT2D eigenvalue weighted by Gasteiger charge is 2.16. The van der Waals surface area contributed by atoms with Crippen molar-refractivity contribution in [1.29, 1.82) is 0 Å². The van der Waals surface area contributed by atoms with E-state index in [1.165, 1.54) is 0 Å². The molecular weight excluding hydrogens is 352 g/mol. The standard InChI is InChI=1S/C19H17ClN4O2/c1-13(22-19(26)14-3-5-15(20)6-4-14)18(25)23-16-7-9-17(10-8-16)24-12-2-11-21-24/h2-13H,1H3,(H,22,26)(H,23,25). The molecular formula is C19H17ClN4O2. The van der Waals surface area contributed by atoms with E-state index in [4.69, 9.17) is 11.6 Å². The quantitative estimate of drug-likeness (QED) is 0.725. The molecule has 0 saturated heterocycles. The van der Waals surface area contributed by atoms with Crippen molar-refractivity contribution in [1.82, 2.24) is 15.1 Å². The molecule has 26 heavy (non-hydrogen) atoms. The first-order valence-electron chi connectivity index (χ1n) is 8.00. The van der Waals surface area contributed by atoms with Gasteiger partial charge in [-0.2, -0.15) is 5.10 Å². The van der Waals surface area contributed by atoms with Gasteiger partial charge in [-0.1, -0.05) is 11.6 Å². The molecule has 0 saturated carbocycles. The van der Waals surface area contributed by atoms with E-state index in [1.807, 2.05) is 24.4 Å². The highest BCUT2D eigenvalue weighted by Crippen LogP contribution is 2.13. The Morgan fingerprint density at radius 1 is 1.08 bits per heavy atom. The number of nitrogens with one attached hydrogen (secondary N) is 2. The molecule has 0 radical (unpaired) electrons. The number of hydrogen-bond acceptors (Lipinski definition) is 3. The van der Waals surface area contributed by atoms with Gasteiger partial charge in [0.05, 0.1) is 5.69 Å². The molecule has 0 spiro atoms. The second-order valence-corrected chi connectivity index (χ2v) is 6.13. The van der Waals surface area contributed by atoms with Crippen molar-refractivity contribution >= 4 is 29.1 Å². The fourth-order valence-corrected chi connectivity index (χ4v) is 2.44. The molecule has 1 aromatic heterocycles. The second-order valence-electron chi connectivity index (χ2n) is 5.69. The molecule has 0 bridgehead atoms. The number of hydrogen-bond donors (Lipinski definition) is 2. The summed E-state index contributed by atoms with van der Waals surface area (Å²) in [4.78, 5) is 24.4. The summed E-state index contributed by atoms with van der Waals surface area (Å²) in [6.07, 6.45) is 3.53. The van der Waals surface area contributed by atoms with E-state index in [0.717, 1.165) is 5.69 Å². The van der Waals surface area contributed by atoms with Crippen molar-refractivity contribution in [3.05, 3.63) is 77.6 Å². The van der Waals surface area contributed by atoms with Gasteiger partial charge in [0.25, 0.3) is 5.91 Å². The summed E-state index contributed by atoms with van der Waals surface area (Å²) in [5, 5.41) is 10.1. The van der Waals surface area contributed by atoms with Crippen LogP contribution in [0.15, 0.2) is 67.0 Å². The summed E-state index contributed by atoms with van der Waals surface area (Å²) >= 11 is 5.81. The molecule has 3 aromatic rings. The molecule has 2 amide bonds. The van der Waals surface area contributed by atoms with Crippen LogP contribution in [0.5, 0.6) is 0 Å². The first-order chi connectivity index (χ1) is 12.5. The lowest BCUT2D eigenvalue weighted by Crippen LogP contribution is -2.41. The fourth-order valence-electron chi connectivity index (χ4n) is 2.32. The number of benzene rings is 2. The summed E-state index contributed by atoms with van der Waals surface area (Å²) in [6, 6.07) is 14.9. The maximum absolute atomic E-state index is 12.3. The minimum atomic E-state index is -0.691. The summed E-state index contributed by atoms with van der Waals surface area (Å²) in [5.74, 6) is -0.641. The van der Waals surface area contributed by atoms with Crippen LogP contribution in [0.25, 0.3) is 5.69 Å². The predicted molar refractivity (Wildman–Crippen MR) is 101 cm³/mol. The number of rotatable bonds is 5. The SMILES string of the molecule is CC(NC(=O)c1ccc(Cl)cc1)C(=O)Nc1ccc(-n2cccn2)cc1. The lowest BCUT2D eigenvalue weighted by Gasteiger charge is -2.14. The van der Waals surface area contributed by atoms with Gasteiger partial charge in [0.1, 0.15) is 6.04 Å². The van der Waals surface area contributed by atoms with Gasteiger partial charge in [-0.3, -0.25) is 9.59 Å². The van der Waals surface area contributed by atoms with Crippen LogP contribution < -0.4 is 10.6 Å². The third-order valence-corrected chi connectivity index (χ3v) is 4.00. The second kappa shape index (κ2) is 7.84. The molecule has 2 N–H and O–H groups in total. The maximum Gasteiger partial charge on any atom is 0.251 e. The third kappa shape index (κ3) is 4.29. The highest BCUT2D eigenvalue weighted by atomic mass is 35.5. The van der Waals surface area contributed by atoms with Gasteiger partial charge in [0.2, 0.25) is 5.91 Å². The van der Waals surface area contributed by atoms with Crippen molar-refractivity contribution in [3.8, 4) is 5.69 Å². The van der Waals surface area contributed by atoms with Gasteiger partial charge in [0.15, 0.2) is 0 Å². The molecule has 7 heteroatoms. The number of anilines is 1. The summed E-state index contributed by atoms with van der Waals surface area (Å²) in [5.41, 5.74) is 1.97. The Hall–Kier alpha value is -3.12. The van der Waals surface area contributed by atoms with Gasteiger partial charge < -0.3 is 10.6 Å². The lowest BCUT2D eigenvalue weighted by atomic mass is 10.2. The van der Waals surface area contributed by atoms with Gasteiger partial charge in [-0.05, 0) is 61.5 Å². The van der Waals surface area contributed by atoms with Crippen molar-refractivity contribution < 1.29 is 9.59 Å². The summed E-state index contributed by atoms with van der Waals surface area (Å²) in [7, 11) is 0. The van der Waals surface area contributed by atoms with E-state index in [-0.39, 0.29) is 11.8 Å². The van der Waals surface area contributed by atoms with E-state index >= 15 is 0 Å². The first-order valence-corrected chi connectivity index (χ1v) is 8.38.